The van der Waals surface area contributed by atoms with Gasteiger partial charge in [0, 0.05) is 24.5 Å². The first-order valence-electron chi connectivity index (χ1n) is 9.75. The van der Waals surface area contributed by atoms with E-state index in [1.54, 1.807) is 65.5 Å². The maximum atomic E-state index is 12.6. The molecule has 0 spiro atoms. The molecule has 1 aromatic heterocycles. The number of sulfone groups is 1. The van der Waals surface area contributed by atoms with E-state index in [4.69, 9.17) is 0 Å². The largest absolute Gasteiger partial charge is 0.348 e. The van der Waals surface area contributed by atoms with E-state index in [-0.39, 0.29) is 16.6 Å². The van der Waals surface area contributed by atoms with E-state index in [0.29, 0.717) is 17.7 Å². The fourth-order valence-electron chi connectivity index (χ4n) is 3.21. The Hall–Kier alpha value is -3.71. The van der Waals surface area contributed by atoms with Crippen molar-refractivity contribution >= 4 is 15.7 Å². The molecule has 0 radical (unpaired) electrons. The summed E-state index contributed by atoms with van der Waals surface area (Å²) in [5.74, 6) is -0.414. The maximum Gasteiger partial charge on any atom is 0.251 e. The molecule has 4 aromatic rings. The monoisotopic (exact) mass is 431 g/mol. The summed E-state index contributed by atoms with van der Waals surface area (Å²) < 4.78 is 27.0. The normalized spacial score (nSPS) is 11.2. The second kappa shape index (κ2) is 8.97. The number of amides is 1. The Morgan fingerprint density at radius 3 is 2.35 bits per heavy atom. The molecule has 1 N–H and O–H groups in total. The zero-order chi connectivity index (χ0) is 21.7. The first-order chi connectivity index (χ1) is 15.0. The Kier molecular flexibility index (Phi) is 5.95. The van der Waals surface area contributed by atoms with Crippen LogP contribution in [0.4, 0.5) is 0 Å². The molecule has 3 aromatic carbocycles. The van der Waals surface area contributed by atoms with Gasteiger partial charge in [-0.25, -0.2) is 13.1 Å². The first kappa shape index (κ1) is 20.6. The quantitative estimate of drug-likeness (QED) is 0.483. The predicted molar refractivity (Wildman–Crippen MR) is 119 cm³/mol. The Morgan fingerprint density at radius 2 is 1.65 bits per heavy atom. The molecule has 0 fully saturated rings. The summed E-state index contributed by atoms with van der Waals surface area (Å²) in [4.78, 5) is 12.9. The van der Waals surface area contributed by atoms with E-state index in [1.165, 1.54) is 0 Å². The van der Waals surface area contributed by atoms with Gasteiger partial charge in [-0.05, 0) is 53.6 Å². The molecule has 0 aliphatic heterocycles. The van der Waals surface area contributed by atoms with Gasteiger partial charge in [-0.2, -0.15) is 5.10 Å². The molecule has 0 bridgehead atoms. The van der Waals surface area contributed by atoms with Crippen molar-refractivity contribution in [3.63, 3.8) is 0 Å². The molecular weight excluding hydrogens is 410 g/mol. The minimum absolute atomic E-state index is 0.160. The smallest absolute Gasteiger partial charge is 0.251 e. The number of aromatic nitrogens is 2. The summed E-state index contributed by atoms with van der Waals surface area (Å²) in [6.07, 6.45) is 3.58. The van der Waals surface area contributed by atoms with E-state index in [9.17, 15) is 13.2 Å². The van der Waals surface area contributed by atoms with Crippen molar-refractivity contribution in [2.75, 3.05) is 0 Å². The average molecular weight is 432 g/mol. The second-order valence-electron chi connectivity index (χ2n) is 7.07. The summed E-state index contributed by atoms with van der Waals surface area (Å²) in [5, 5.41) is 7.07. The van der Waals surface area contributed by atoms with Crippen LogP contribution in [0.5, 0.6) is 0 Å². The van der Waals surface area contributed by atoms with E-state index in [2.05, 4.69) is 10.4 Å². The first-order valence-corrected chi connectivity index (χ1v) is 11.4. The average Bonchev–Trinajstić information content (AvgIpc) is 3.33. The van der Waals surface area contributed by atoms with Crippen molar-refractivity contribution in [3.05, 3.63) is 114 Å². The lowest BCUT2D eigenvalue weighted by molar-refractivity contribution is 0.0951. The number of hydrogen-bond donors (Lipinski definition) is 1. The van der Waals surface area contributed by atoms with Gasteiger partial charge in [0.25, 0.3) is 5.91 Å². The molecule has 4 rings (SSSR count). The molecule has 1 heterocycles. The molecule has 0 unspecified atom stereocenters. The van der Waals surface area contributed by atoms with E-state index in [0.717, 1.165) is 11.3 Å². The van der Waals surface area contributed by atoms with Crippen LogP contribution in [-0.4, -0.2) is 24.1 Å². The number of nitrogens with zero attached hydrogens (tertiary/aromatic N) is 2. The van der Waals surface area contributed by atoms with Crippen LogP contribution in [0.2, 0.25) is 0 Å². The lowest BCUT2D eigenvalue weighted by Crippen LogP contribution is -2.23. The molecular formula is C24H21N3O3S. The molecule has 1 amide bonds. The highest BCUT2D eigenvalue weighted by atomic mass is 32.2. The third kappa shape index (κ3) is 5.07. The topological polar surface area (TPSA) is 81.1 Å². The number of rotatable bonds is 7. The highest BCUT2D eigenvalue weighted by molar-refractivity contribution is 7.90. The summed E-state index contributed by atoms with van der Waals surface area (Å²) in [7, 11) is -3.47. The zero-order valence-electron chi connectivity index (χ0n) is 16.7. The van der Waals surface area contributed by atoms with Gasteiger partial charge in [0.15, 0.2) is 9.84 Å². The maximum absolute atomic E-state index is 12.6. The Labute approximate surface area is 181 Å². The third-order valence-electron chi connectivity index (χ3n) is 4.81. The summed E-state index contributed by atoms with van der Waals surface area (Å²) in [6, 6.07) is 24.6. The lowest BCUT2D eigenvalue weighted by Gasteiger charge is -2.09. The fourth-order valence-corrected chi connectivity index (χ4v) is 4.56. The van der Waals surface area contributed by atoms with Crippen LogP contribution in [0.15, 0.2) is 102 Å². The summed E-state index contributed by atoms with van der Waals surface area (Å²) >= 11 is 0. The van der Waals surface area contributed by atoms with Crippen LogP contribution < -0.4 is 5.32 Å². The highest BCUT2D eigenvalue weighted by Crippen LogP contribution is 2.17. The summed E-state index contributed by atoms with van der Waals surface area (Å²) in [5.41, 5.74) is 2.88. The second-order valence-corrected chi connectivity index (χ2v) is 9.06. The van der Waals surface area contributed by atoms with Gasteiger partial charge in [-0.15, -0.1) is 0 Å². The van der Waals surface area contributed by atoms with Crippen LogP contribution in [0.3, 0.4) is 0 Å². The zero-order valence-corrected chi connectivity index (χ0v) is 17.5. The van der Waals surface area contributed by atoms with Crippen LogP contribution >= 0.6 is 0 Å². The Bertz CT molecular complexity index is 1270. The SMILES string of the molecule is O=C(NCc1ccc(-n2cccn2)cc1)c1cccc(CS(=O)(=O)c2ccccc2)c1. The molecule has 0 saturated heterocycles. The molecule has 156 valence electrons. The van der Waals surface area contributed by atoms with Gasteiger partial charge >= 0.3 is 0 Å². The van der Waals surface area contributed by atoms with Gasteiger partial charge in [-0.1, -0.05) is 42.5 Å². The number of carbonyl (C=O) groups excluding carboxylic acids is 1. The van der Waals surface area contributed by atoms with Gasteiger partial charge in [0.1, 0.15) is 0 Å². The molecule has 7 heteroatoms. The highest BCUT2D eigenvalue weighted by Gasteiger charge is 2.16. The van der Waals surface area contributed by atoms with Crippen LogP contribution in [0.25, 0.3) is 5.69 Å². The molecule has 31 heavy (non-hydrogen) atoms. The summed E-state index contributed by atoms with van der Waals surface area (Å²) in [6.45, 7) is 0.366. The number of carbonyl (C=O) groups is 1. The van der Waals surface area contributed by atoms with Crippen molar-refractivity contribution in [2.24, 2.45) is 0 Å². The van der Waals surface area contributed by atoms with Gasteiger partial charge < -0.3 is 5.32 Å². The molecule has 0 atom stereocenters. The number of nitrogens with one attached hydrogen (secondary N) is 1. The van der Waals surface area contributed by atoms with Crippen molar-refractivity contribution in [3.8, 4) is 5.69 Å². The third-order valence-corrected chi connectivity index (χ3v) is 6.51. The van der Waals surface area contributed by atoms with E-state index >= 15 is 0 Å². The molecule has 0 saturated carbocycles. The fraction of sp³-hybridized carbons (Fsp3) is 0.0833. The molecule has 0 aliphatic carbocycles. The minimum atomic E-state index is -3.47. The van der Waals surface area contributed by atoms with Crippen LogP contribution in [0.1, 0.15) is 21.5 Å². The van der Waals surface area contributed by atoms with Crippen LogP contribution in [0, 0.1) is 0 Å². The van der Waals surface area contributed by atoms with E-state index < -0.39 is 9.84 Å². The van der Waals surface area contributed by atoms with Gasteiger partial charge in [0.2, 0.25) is 0 Å². The number of hydrogen-bond acceptors (Lipinski definition) is 4. The molecule has 0 aliphatic rings. The predicted octanol–water partition coefficient (Wildman–Crippen LogP) is 3.78. The lowest BCUT2D eigenvalue weighted by atomic mass is 10.1. The standard InChI is InChI=1S/C24H21N3O3S/c28-24(25-17-19-10-12-22(13-11-19)27-15-5-14-26-27)21-7-4-6-20(16-21)18-31(29,30)23-8-2-1-3-9-23/h1-16H,17-18H2,(H,25,28). The van der Waals surface area contributed by atoms with Crippen molar-refractivity contribution in [2.45, 2.75) is 17.2 Å². The Balaban J connectivity index is 1.40. The van der Waals surface area contributed by atoms with Gasteiger partial charge in [0.05, 0.1) is 16.3 Å². The van der Waals surface area contributed by atoms with Gasteiger partial charge in [-0.3, -0.25) is 4.79 Å². The van der Waals surface area contributed by atoms with E-state index in [1.807, 2.05) is 36.5 Å². The van der Waals surface area contributed by atoms with Crippen molar-refractivity contribution in [1.82, 2.24) is 15.1 Å². The van der Waals surface area contributed by atoms with Crippen molar-refractivity contribution < 1.29 is 13.2 Å². The Morgan fingerprint density at radius 1 is 0.871 bits per heavy atom. The van der Waals surface area contributed by atoms with Crippen molar-refractivity contribution in [1.29, 1.82) is 0 Å². The molecule has 6 nitrogen and oxygen atoms in total. The minimum Gasteiger partial charge on any atom is -0.348 e. The number of benzene rings is 3. The van der Waals surface area contributed by atoms with Crippen LogP contribution in [-0.2, 0) is 22.1 Å².